The lowest BCUT2D eigenvalue weighted by Crippen LogP contribution is -2.27. The third-order valence-electron chi connectivity index (χ3n) is 2.55. The van der Waals surface area contributed by atoms with Crippen LogP contribution in [0.2, 0.25) is 5.02 Å². The van der Waals surface area contributed by atoms with Crippen molar-refractivity contribution in [2.24, 2.45) is 7.05 Å². The summed E-state index contributed by atoms with van der Waals surface area (Å²) in [5, 5.41) is 2.39. The van der Waals surface area contributed by atoms with Gasteiger partial charge < -0.3 is 9.88 Å². The van der Waals surface area contributed by atoms with Gasteiger partial charge in [0, 0.05) is 18.9 Å². The van der Waals surface area contributed by atoms with E-state index in [0.29, 0.717) is 5.69 Å². The van der Waals surface area contributed by atoms with Crippen LogP contribution in [0.1, 0.15) is 10.4 Å². The summed E-state index contributed by atoms with van der Waals surface area (Å²) in [5.74, 6) is -1.14. The number of hydrogen-bond acceptors (Lipinski definition) is 2. The molecule has 98 valence electrons. The molecule has 4 nitrogen and oxygen atoms in total. The molecule has 2 rings (SSSR count). The number of carbonyl (C=O) groups is 1. The van der Waals surface area contributed by atoms with Gasteiger partial charge in [-0.05, 0) is 30.3 Å². The molecule has 1 aromatic heterocycles. The Kier molecular flexibility index (Phi) is 3.66. The number of halogens is 2. The van der Waals surface area contributed by atoms with Gasteiger partial charge in [-0.25, -0.2) is 4.39 Å². The van der Waals surface area contributed by atoms with Gasteiger partial charge in [-0.2, -0.15) is 0 Å². The van der Waals surface area contributed by atoms with Crippen molar-refractivity contribution in [1.29, 1.82) is 0 Å². The van der Waals surface area contributed by atoms with Crippen molar-refractivity contribution in [1.82, 2.24) is 4.57 Å². The molecule has 6 heteroatoms. The van der Waals surface area contributed by atoms with Gasteiger partial charge in [0.15, 0.2) is 0 Å². The van der Waals surface area contributed by atoms with Crippen LogP contribution in [-0.2, 0) is 7.05 Å². The number of aromatic nitrogens is 1. The second-order valence-electron chi connectivity index (χ2n) is 3.92. The largest absolute Gasteiger partial charge is 0.322 e. The summed E-state index contributed by atoms with van der Waals surface area (Å²) in [5.41, 5.74) is -0.0824. The molecule has 1 heterocycles. The molecular weight excluding hydrogens is 271 g/mol. The van der Waals surface area contributed by atoms with Crippen molar-refractivity contribution in [3.63, 3.8) is 0 Å². The molecule has 1 aromatic carbocycles. The van der Waals surface area contributed by atoms with E-state index in [1.807, 2.05) is 0 Å². The van der Waals surface area contributed by atoms with Gasteiger partial charge in [-0.15, -0.1) is 0 Å². The van der Waals surface area contributed by atoms with E-state index in [4.69, 9.17) is 11.6 Å². The molecule has 0 radical (unpaired) electrons. The quantitative estimate of drug-likeness (QED) is 0.918. The van der Waals surface area contributed by atoms with Crippen LogP contribution in [0.3, 0.4) is 0 Å². The number of carbonyl (C=O) groups excluding carboxylic acids is 1. The molecule has 0 spiro atoms. The van der Waals surface area contributed by atoms with Gasteiger partial charge in [0.25, 0.3) is 11.5 Å². The Labute approximate surface area is 113 Å². The zero-order valence-electron chi connectivity index (χ0n) is 9.98. The van der Waals surface area contributed by atoms with E-state index >= 15 is 0 Å². The molecule has 0 unspecified atom stereocenters. The predicted octanol–water partition coefficient (Wildman–Crippen LogP) is 2.43. The van der Waals surface area contributed by atoms with Crippen LogP contribution in [0.25, 0.3) is 0 Å². The first-order chi connectivity index (χ1) is 8.99. The van der Waals surface area contributed by atoms with Crippen LogP contribution in [0.15, 0.2) is 41.3 Å². The van der Waals surface area contributed by atoms with Crippen molar-refractivity contribution in [2.45, 2.75) is 0 Å². The molecule has 2 aromatic rings. The summed E-state index contributed by atoms with van der Waals surface area (Å²) >= 11 is 5.61. The van der Waals surface area contributed by atoms with E-state index < -0.39 is 17.3 Å². The van der Waals surface area contributed by atoms with Gasteiger partial charge in [0.05, 0.1) is 5.02 Å². The number of amides is 1. The van der Waals surface area contributed by atoms with E-state index in [1.54, 1.807) is 19.3 Å². The van der Waals surface area contributed by atoms with Crippen LogP contribution in [0, 0.1) is 5.82 Å². The number of hydrogen-bond donors (Lipinski definition) is 1. The summed E-state index contributed by atoms with van der Waals surface area (Å²) in [4.78, 5) is 23.7. The summed E-state index contributed by atoms with van der Waals surface area (Å²) < 4.78 is 14.3. The Morgan fingerprint density at radius 1 is 1.37 bits per heavy atom. The molecule has 0 saturated carbocycles. The molecule has 1 N–H and O–H groups in total. The van der Waals surface area contributed by atoms with Gasteiger partial charge in [-0.3, -0.25) is 9.59 Å². The van der Waals surface area contributed by atoms with Crippen molar-refractivity contribution < 1.29 is 9.18 Å². The maximum atomic E-state index is 13.0. The third kappa shape index (κ3) is 2.82. The average Bonchev–Trinajstić information content (AvgIpc) is 2.37. The fourth-order valence-corrected chi connectivity index (χ4v) is 1.72. The minimum absolute atomic E-state index is 0.00504. The van der Waals surface area contributed by atoms with E-state index in [1.165, 1.54) is 22.8 Å². The van der Waals surface area contributed by atoms with Crippen molar-refractivity contribution in [3.8, 4) is 0 Å². The minimum Gasteiger partial charge on any atom is -0.322 e. The van der Waals surface area contributed by atoms with Gasteiger partial charge in [0.1, 0.15) is 11.4 Å². The predicted molar refractivity (Wildman–Crippen MR) is 71.0 cm³/mol. The van der Waals surface area contributed by atoms with Gasteiger partial charge in [0.2, 0.25) is 0 Å². The molecule has 0 fully saturated rings. The monoisotopic (exact) mass is 280 g/mol. The second-order valence-corrected chi connectivity index (χ2v) is 4.33. The normalized spacial score (nSPS) is 10.3. The Morgan fingerprint density at radius 3 is 2.79 bits per heavy atom. The van der Waals surface area contributed by atoms with Crippen LogP contribution in [-0.4, -0.2) is 10.5 Å². The number of pyridine rings is 1. The Morgan fingerprint density at radius 2 is 2.11 bits per heavy atom. The first-order valence-corrected chi connectivity index (χ1v) is 5.79. The van der Waals surface area contributed by atoms with E-state index in [2.05, 4.69) is 5.32 Å². The third-order valence-corrected chi connectivity index (χ3v) is 2.84. The van der Waals surface area contributed by atoms with Crippen LogP contribution < -0.4 is 10.9 Å². The highest BCUT2D eigenvalue weighted by Crippen LogP contribution is 2.19. The summed E-state index contributed by atoms with van der Waals surface area (Å²) in [6.45, 7) is 0. The van der Waals surface area contributed by atoms with Crippen LogP contribution in [0.5, 0.6) is 0 Å². The smallest absolute Gasteiger partial charge is 0.263 e. The molecule has 0 saturated heterocycles. The summed E-state index contributed by atoms with van der Waals surface area (Å²) in [7, 11) is 1.55. The number of nitrogens with one attached hydrogen (secondary N) is 1. The second kappa shape index (κ2) is 5.24. The minimum atomic E-state index is -0.574. The molecule has 0 aliphatic heterocycles. The SMILES string of the molecule is Cn1cccc(C(=O)Nc2ccc(F)c(Cl)c2)c1=O. The average molecular weight is 281 g/mol. The van der Waals surface area contributed by atoms with E-state index in [0.717, 1.165) is 6.07 Å². The Balaban J connectivity index is 2.28. The van der Waals surface area contributed by atoms with Crippen molar-refractivity contribution >= 4 is 23.2 Å². The maximum absolute atomic E-state index is 13.0. The first kappa shape index (κ1) is 13.3. The molecule has 0 aliphatic rings. The number of rotatable bonds is 2. The van der Waals surface area contributed by atoms with E-state index in [9.17, 15) is 14.0 Å². The molecule has 0 aliphatic carbocycles. The number of benzene rings is 1. The van der Waals surface area contributed by atoms with Crippen molar-refractivity contribution in [3.05, 3.63) is 63.3 Å². The highest BCUT2D eigenvalue weighted by atomic mass is 35.5. The van der Waals surface area contributed by atoms with Gasteiger partial charge in [-0.1, -0.05) is 11.6 Å². The lowest BCUT2D eigenvalue weighted by atomic mass is 10.2. The van der Waals surface area contributed by atoms with E-state index in [-0.39, 0.29) is 10.6 Å². The van der Waals surface area contributed by atoms with Gasteiger partial charge >= 0.3 is 0 Å². The standard InChI is InChI=1S/C13H10ClFN2O2/c1-17-6-2-3-9(13(17)19)12(18)16-8-4-5-11(15)10(14)7-8/h2-7H,1H3,(H,16,18). The number of anilines is 1. The molecule has 0 atom stereocenters. The lowest BCUT2D eigenvalue weighted by Gasteiger charge is -2.06. The highest BCUT2D eigenvalue weighted by molar-refractivity contribution is 6.31. The lowest BCUT2D eigenvalue weighted by molar-refractivity contribution is 0.102. The fraction of sp³-hybridized carbons (Fsp3) is 0.0769. The first-order valence-electron chi connectivity index (χ1n) is 5.41. The maximum Gasteiger partial charge on any atom is 0.263 e. The molecular formula is C13H10ClFN2O2. The molecule has 1 amide bonds. The topological polar surface area (TPSA) is 51.1 Å². The van der Waals surface area contributed by atoms with Crippen molar-refractivity contribution in [2.75, 3.05) is 5.32 Å². The number of nitrogens with zero attached hydrogens (tertiary/aromatic N) is 1. The zero-order valence-corrected chi connectivity index (χ0v) is 10.7. The zero-order chi connectivity index (χ0) is 14.0. The summed E-state index contributed by atoms with van der Waals surface area (Å²) in [6.07, 6.45) is 1.55. The highest BCUT2D eigenvalue weighted by Gasteiger charge is 2.12. The van der Waals surface area contributed by atoms with Crippen LogP contribution in [0.4, 0.5) is 10.1 Å². The Bertz CT molecular complexity index is 697. The molecule has 0 bridgehead atoms. The fourth-order valence-electron chi connectivity index (χ4n) is 1.54. The summed E-state index contributed by atoms with van der Waals surface area (Å²) in [6, 6.07) is 6.80. The molecule has 19 heavy (non-hydrogen) atoms. The number of aryl methyl sites for hydroxylation is 1. The van der Waals surface area contributed by atoms with Crippen LogP contribution >= 0.6 is 11.6 Å². The Hall–Kier alpha value is -2.14.